The molecule has 0 spiro atoms. The van der Waals surface area contributed by atoms with Crippen LogP contribution in [0.2, 0.25) is 0 Å². The molecule has 33 heavy (non-hydrogen) atoms. The fraction of sp³-hybridized carbons (Fsp3) is 0.217. The zero-order valence-electron chi connectivity index (χ0n) is 17.9. The van der Waals surface area contributed by atoms with E-state index in [-0.39, 0.29) is 18.1 Å². The number of rotatable bonds is 8. The summed E-state index contributed by atoms with van der Waals surface area (Å²) in [6.45, 7) is 2.98. The molecule has 0 saturated carbocycles. The monoisotopic (exact) mass is 472 g/mol. The van der Waals surface area contributed by atoms with Crippen LogP contribution in [-0.4, -0.2) is 47.2 Å². The minimum Gasteiger partial charge on any atom is -0.484 e. The Morgan fingerprint density at radius 2 is 1.79 bits per heavy atom. The van der Waals surface area contributed by atoms with Gasteiger partial charge < -0.3 is 14.8 Å². The molecular formula is C23H21FN2O6S. The van der Waals surface area contributed by atoms with Crippen molar-refractivity contribution in [3.63, 3.8) is 0 Å². The van der Waals surface area contributed by atoms with Crippen LogP contribution in [0.1, 0.15) is 19.4 Å². The van der Waals surface area contributed by atoms with E-state index in [9.17, 15) is 23.6 Å². The van der Waals surface area contributed by atoms with Crippen molar-refractivity contribution in [2.75, 3.05) is 18.5 Å². The van der Waals surface area contributed by atoms with Crippen molar-refractivity contribution >= 4 is 46.5 Å². The molecule has 2 aromatic carbocycles. The Morgan fingerprint density at radius 1 is 1.12 bits per heavy atom. The summed E-state index contributed by atoms with van der Waals surface area (Å²) in [5.74, 6) is -1.60. The summed E-state index contributed by atoms with van der Waals surface area (Å²) in [7, 11) is 0. The number of thioether (sulfide) groups is 1. The molecule has 0 aliphatic carbocycles. The number of hydrogen-bond acceptors (Lipinski definition) is 7. The summed E-state index contributed by atoms with van der Waals surface area (Å²) in [5.41, 5.74) is 1.08. The van der Waals surface area contributed by atoms with Crippen LogP contribution in [0.5, 0.6) is 5.75 Å². The summed E-state index contributed by atoms with van der Waals surface area (Å²) < 4.78 is 23.2. The molecule has 1 heterocycles. The number of carbonyl (C=O) groups excluding carboxylic acids is 4. The van der Waals surface area contributed by atoms with Gasteiger partial charge in [0, 0.05) is 5.69 Å². The third-order valence-corrected chi connectivity index (χ3v) is 5.40. The molecule has 10 heteroatoms. The number of nitrogens with zero attached hydrogens (tertiary/aromatic N) is 1. The predicted octanol–water partition coefficient (Wildman–Crippen LogP) is 3.83. The summed E-state index contributed by atoms with van der Waals surface area (Å²) in [5, 5.41) is 2.04. The molecule has 1 unspecified atom stereocenters. The first-order valence-electron chi connectivity index (χ1n) is 10.0. The molecule has 2 aromatic rings. The highest BCUT2D eigenvalue weighted by molar-refractivity contribution is 8.18. The van der Waals surface area contributed by atoms with Gasteiger partial charge in [-0.2, -0.15) is 0 Å². The normalized spacial score (nSPS) is 15.5. The lowest BCUT2D eigenvalue weighted by molar-refractivity contribution is -0.150. The quantitative estimate of drug-likeness (QED) is 0.460. The van der Waals surface area contributed by atoms with Crippen LogP contribution >= 0.6 is 11.8 Å². The maximum Gasteiger partial charge on any atom is 0.329 e. The van der Waals surface area contributed by atoms with Crippen LogP contribution in [-0.2, 0) is 19.1 Å². The van der Waals surface area contributed by atoms with Crippen molar-refractivity contribution in [2.24, 2.45) is 0 Å². The van der Waals surface area contributed by atoms with E-state index in [1.54, 1.807) is 31.2 Å². The second-order valence-corrected chi connectivity index (χ2v) is 7.89. The SMILES string of the molecule is CCOC(=O)C(C)N1C(=O)SC(=Cc2ccc(OCC(=O)Nc3ccc(F)cc3)cc2)C1=O. The van der Waals surface area contributed by atoms with Gasteiger partial charge in [-0.05, 0) is 73.6 Å². The lowest BCUT2D eigenvalue weighted by atomic mass is 10.2. The molecule has 172 valence electrons. The summed E-state index contributed by atoms with van der Waals surface area (Å²) >= 11 is 0.744. The molecule has 3 amide bonds. The first-order valence-corrected chi connectivity index (χ1v) is 10.8. The molecule has 1 aliphatic heterocycles. The number of anilines is 1. The minimum atomic E-state index is -1.01. The highest BCUT2D eigenvalue weighted by Crippen LogP contribution is 2.34. The van der Waals surface area contributed by atoms with Gasteiger partial charge in [0.1, 0.15) is 17.6 Å². The van der Waals surface area contributed by atoms with Gasteiger partial charge in [-0.15, -0.1) is 0 Å². The average molecular weight is 472 g/mol. The van der Waals surface area contributed by atoms with Gasteiger partial charge >= 0.3 is 5.97 Å². The topological polar surface area (TPSA) is 102 Å². The van der Waals surface area contributed by atoms with Gasteiger partial charge in [0.2, 0.25) is 0 Å². The number of hydrogen-bond donors (Lipinski definition) is 1. The van der Waals surface area contributed by atoms with Gasteiger partial charge in [0.25, 0.3) is 17.1 Å². The maximum atomic E-state index is 12.9. The number of imide groups is 1. The van der Waals surface area contributed by atoms with E-state index in [1.807, 2.05) is 0 Å². The second kappa shape index (κ2) is 10.8. The van der Waals surface area contributed by atoms with Gasteiger partial charge in [-0.25, -0.2) is 9.18 Å². The van der Waals surface area contributed by atoms with Gasteiger partial charge in [0.05, 0.1) is 11.5 Å². The van der Waals surface area contributed by atoms with E-state index in [0.717, 1.165) is 16.7 Å². The van der Waals surface area contributed by atoms with Gasteiger partial charge in [-0.1, -0.05) is 12.1 Å². The minimum absolute atomic E-state index is 0.150. The molecule has 0 radical (unpaired) electrons. The van der Waals surface area contributed by atoms with Crippen molar-refractivity contribution in [1.29, 1.82) is 0 Å². The Labute approximate surface area is 193 Å². The van der Waals surface area contributed by atoms with Crippen LogP contribution in [0.3, 0.4) is 0 Å². The lowest BCUT2D eigenvalue weighted by Crippen LogP contribution is -2.42. The molecule has 0 aromatic heterocycles. The Morgan fingerprint density at radius 3 is 2.42 bits per heavy atom. The summed E-state index contributed by atoms with van der Waals surface area (Å²) in [6.07, 6.45) is 1.54. The summed E-state index contributed by atoms with van der Waals surface area (Å²) in [6, 6.07) is 10.9. The maximum absolute atomic E-state index is 12.9. The Balaban J connectivity index is 1.58. The number of ether oxygens (including phenoxy) is 2. The van der Waals surface area contributed by atoms with Crippen molar-refractivity contribution in [3.8, 4) is 5.75 Å². The number of benzene rings is 2. The molecule has 1 fully saturated rings. The third-order valence-electron chi connectivity index (χ3n) is 4.51. The predicted molar refractivity (Wildman–Crippen MR) is 121 cm³/mol. The molecule has 1 atom stereocenters. The number of halogens is 1. The van der Waals surface area contributed by atoms with Crippen LogP contribution in [0.25, 0.3) is 6.08 Å². The van der Waals surface area contributed by atoms with Gasteiger partial charge in [0.15, 0.2) is 6.61 Å². The van der Waals surface area contributed by atoms with E-state index >= 15 is 0 Å². The number of carbonyl (C=O) groups is 4. The Kier molecular flexibility index (Phi) is 7.83. The molecule has 1 saturated heterocycles. The fourth-order valence-electron chi connectivity index (χ4n) is 2.87. The highest BCUT2D eigenvalue weighted by Gasteiger charge is 2.41. The number of nitrogens with one attached hydrogen (secondary N) is 1. The largest absolute Gasteiger partial charge is 0.484 e. The molecule has 1 aliphatic rings. The van der Waals surface area contributed by atoms with Crippen molar-refractivity contribution < 1.29 is 33.0 Å². The van der Waals surface area contributed by atoms with E-state index in [1.165, 1.54) is 37.3 Å². The Hall–Kier alpha value is -3.66. The number of esters is 1. The zero-order valence-corrected chi connectivity index (χ0v) is 18.7. The first kappa shape index (κ1) is 24.0. The standard InChI is InChI=1S/C23H21FN2O6S/c1-3-31-22(29)14(2)26-21(28)19(33-23(26)30)12-15-4-10-18(11-5-15)32-13-20(27)25-17-8-6-16(24)7-9-17/h4-12,14H,3,13H2,1-2H3,(H,25,27). The number of amides is 3. The average Bonchev–Trinajstić information content (AvgIpc) is 3.07. The van der Waals surface area contributed by atoms with E-state index in [2.05, 4.69) is 5.32 Å². The van der Waals surface area contributed by atoms with Crippen LogP contribution in [0, 0.1) is 5.82 Å². The van der Waals surface area contributed by atoms with Crippen molar-refractivity contribution in [2.45, 2.75) is 19.9 Å². The van der Waals surface area contributed by atoms with Crippen molar-refractivity contribution in [1.82, 2.24) is 4.90 Å². The molecular weight excluding hydrogens is 451 g/mol. The molecule has 3 rings (SSSR count). The highest BCUT2D eigenvalue weighted by atomic mass is 32.2. The molecule has 0 bridgehead atoms. The fourth-order valence-corrected chi connectivity index (χ4v) is 3.78. The molecule has 1 N–H and O–H groups in total. The zero-order chi connectivity index (χ0) is 24.0. The van der Waals surface area contributed by atoms with Gasteiger partial charge in [-0.3, -0.25) is 19.3 Å². The first-order chi connectivity index (χ1) is 15.8. The lowest BCUT2D eigenvalue weighted by Gasteiger charge is -2.19. The smallest absolute Gasteiger partial charge is 0.329 e. The second-order valence-electron chi connectivity index (χ2n) is 6.89. The summed E-state index contributed by atoms with van der Waals surface area (Å²) in [4.78, 5) is 49.8. The Bertz CT molecular complexity index is 1090. The van der Waals surface area contributed by atoms with Crippen LogP contribution in [0.4, 0.5) is 14.9 Å². The van der Waals surface area contributed by atoms with Crippen LogP contribution < -0.4 is 10.1 Å². The molecule has 8 nitrogen and oxygen atoms in total. The van der Waals surface area contributed by atoms with E-state index in [0.29, 0.717) is 17.0 Å². The van der Waals surface area contributed by atoms with E-state index < -0.39 is 34.9 Å². The van der Waals surface area contributed by atoms with Crippen molar-refractivity contribution in [3.05, 3.63) is 64.8 Å². The van der Waals surface area contributed by atoms with E-state index in [4.69, 9.17) is 9.47 Å². The third kappa shape index (κ3) is 6.19. The van der Waals surface area contributed by atoms with Crippen LogP contribution in [0.15, 0.2) is 53.4 Å².